The third-order valence-corrected chi connectivity index (χ3v) is 3.30. The topological polar surface area (TPSA) is 60.8 Å². The van der Waals surface area contributed by atoms with Crippen molar-refractivity contribution in [1.29, 1.82) is 0 Å². The van der Waals surface area contributed by atoms with Crippen molar-refractivity contribution >= 4 is 11.3 Å². The van der Waals surface area contributed by atoms with Crippen molar-refractivity contribution in [1.82, 2.24) is 4.98 Å². The lowest BCUT2D eigenvalue weighted by Crippen LogP contribution is -2.00. The number of benzene rings is 1. The minimum Gasteiger partial charge on any atom is -0.493 e. The summed E-state index contributed by atoms with van der Waals surface area (Å²) < 4.78 is 16.3. The summed E-state index contributed by atoms with van der Waals surface area (Å²) in [6.07, 6.45) is 1.76. The van der Waals surface area contributed by atoms with Crippen molar-refractivity contribution in [3.8, 4) is 17.2 Å². The van der Waals surface area contributed by atoms with Crippen LogP contribution in [0, 0.1) is 0 Å². The Kier molecular flexibility index (Phi) is 4.59. The standard InChI is InChI=1S/C13H15NO4S/c1-16-11-3-9(6-15)4-12(17-2)13(11)18-7-10-5-14-8-19-10/h3-5,8,15H,6-7H2,1-2H3. The van der Waals surface area contributed by atoms with Gasteiger partial charge in [0.1, 0.15) is 6.61 Å². The molecule has 0 aliphatic heterocycles. The van der Waals surface area contributed by atoms with E-state index < -0.39 is 0 Å². The number of rotatable bonds is 6. The van der Waals surface area contributed by atoms with Gasteiger partial charge in [-0.05, 0) is 17.7 Å². The Balaban J connectivity index is 2.26. The van der Waals surface area contributed by atoms with Crippen molar-refractivity contribution in [2.45, 2.75) is 13.2 Å². The van der Waals surface area contributed by atoms with E-state index in [9.17, 15) is 5.11 Å². The fraction of sp³-hybridized carbons (Fsp3) is 0.308. The molecule has 102 valence electrons. The predicted octanol–water partition coefficient (Wildman–Crippen LogP) is 2.23. The van der Waals surface area contributed by atoms with Crippen LogP contribution in [0.3, 0.4) is 0 Å². The molecule has 0 saturated carbocycles. The molecular weight excluding hydrogens is 266 g/mol. The van der Waals surface area contributed by atoms with E-state index in [4.69, 9.17) is 14.2 Å². The minimum atomic E-state index is -0.0815. The summed E-state index contributed by atoms with van der Waals surface area (Å²) in [7, 11) is 3.10. The fourth-order valence-electron chi connectivity index (χ4n) is 1.62. The zero-order valence-corrected chi connectivity index (χ0v) is 11.6. The van der Waals surface area contributed by atoms with E-state index in [0.29, 0.717) is 29.4 Å². The normalized spacial score (nSPS) is 10.3. The molecule has 0 aliphatic rings. The Morgan fingerprint density at radius 2 is 1.89 bits per heavy atom. The number of aliphatic hydroxyl groups is 1. The van der Waals surface area contributed by atoms with Gasteiger partial charge in [-0.15, -0.1) is 11.3 Å². The lowest BCUT2D eigenvalue weighted by molar-refractivity contribution is 0.261. The van der Waals surface area contributed by atoms with Gasteiger partial charge >= 0.3 is 0 Å². The van der Waals surface area contributed by atoms with Crippen LogP contribution in [-0.2, 0) is 13.2 Å². The Labute approximate surface area is 115 Å². The number of methoxy groups -OCH3 is 2. The highest BCUT2D eigenvalue weighted by Gasteiger charge is 2.14. The van der Waals surface area contributed by atoms with E-state index >= 15 is 0 Å². The number of thiazole rings is 1. The summed E-state index contributed by atoms with van der Waals surface area (Å²) in [5.74, 6) is 1.59. The van der Waals surface area contributed by atoms with Crippen LogP contribution in [-0.4, -0.2) is 24.3 Å². The van der Waals surface area contributed by atoms with Crippen molar-refractivity contribution in [2.75, 3.05) is 14.2 Å². The number of hydrogen-bond donors (Lipinski definition) is 1. The fourth-order valence-corrected chi connectivity index (χ4v) is 2.13. The summed E-state index contributed by atoms with van der Waals surface area (Å²) in [6.45, 7) is 0.317. The first-order chi connectivity index (χ1) is 9.28. The van der Waals surface area contributed by atoms with Gasteiger partial charge in [0.25, 0.3) is 0 Å². The molecule has 1 aromatic heterocycles. The van der Waals surface area contributed by atoms with E-state index in [1.165, 1.54) is 11.3 Å². The molecule has 0 atom stereocenters. The highest BCUT2D eigenvalue weighted by Crippen LogP contribution is 2.39. The Morgan fingerprint density at radius 1 is 1.21 bits per heavy atom. The lowest BCUT2D eigenvalue weighted by Gasteiger charge is -2.15. The summed E-state index contributed by atoms with van der Waals surface area (Å²) in [4.78, 5) is 5.00. The monoisotopic (exact) mass is 281 g/mol. The Bertz CT molecular complexity index is 502. The quantitative estimate of drug-likeness (QED) is 0.880. The summed E-state index contributed by atoms with van der Waals surface area (Å²) in [6, 6.07) is 3.45. The van der Waals surface area contributed by atoms with E-state index in [0.717, 1.165) is 4.88 Å². The molecule has 2 rings (SSSR count). The van der Waals surface area contributed by atoms with Gasteiger partial charge in [0.05, 0.1) is 31.2 Å². The molecule has 0 fully saturated rings. The van der Waals surface area contributed by atoms with Crippen LogP contribution in [0.4, 0.5) is 0 Å². The minimum absolute atomic E-state index is 0.0815. The van der Waals surface area contributed by atoms with Crippen LogP contribution in [0.2, 0.25) is 0 Å². The van der Waals surface area contributed by atoms with Gasteiger partial charge in [0, 0.05) is 6.20 Å². The van der Waals surface area contributed by atoms with Crippen LogP contribution in [0.1, 0.15) is 10.4 Å². The number of aliphatic hydroxyl groups excluding tert-OH is 1. The molecule has 1 aromatic carbocycles. The smallest absolute Gasteiger partial charge is 0.203 e. The van der Waals surface area contributed by atoms with E-state index in [2.05, 4.69) is 4.98 Å². The second-order valence-electron chi connectivity index (χ2n) is 3.74. The van der Waals surface area contributed by atoms with Crippen LogP contribution in [0.15, 0.2) is 23.8 Å². The zero-order chi connectivity index (χ0) is 13.7. The molecule has 1 N–H and O–H groups in total. The molecule has 0 bridgehead atoms. The van der Waals surface area contributed by atoms with Gasteiger partial charge in [-0.25, -0.2) is 0 Å². The third kappa shape index (κ3) is 3.15. The maximum Gasteiger partial charge on any atom is 0.203 e. The van der Waals surface area contributed by atoms with Crippen LogP contribution >= 0.6 is 11.3 Å². The molecule has 19 heavy (non-hydrogen) atoms. The number of hydrogen-bond acceptors (Lipinski definition) is 6. The van der Waals surface area contributed by atoms with Gasteiger partial charge < -0.3 is 19.3 Å². The number of aromatic nitrogens is 1. The first kappa shape index (κ1) is 13.6. The Morgan fingerprint density at radius 3 is 2.37 bits per heavy atom. The molecule has 0 spiro atoms. The van der Waals surface area contributed by atoms with Crippen molar-refractivity contribution in [3.05, 3.63) is 34.3 Å². The van der Waals surface area contributed by atoms with Crippen LogP contribution < -0.4 is 14.2 Å². The van der Waals surface area contributed by atoms with Gasteiger partial charge in [-0.3, -0.25) is 4.98 Å². The maximum absolute atomic E-state index is 9.19. The van der Waals surface area contributed by atoms with Crippen molar-refractivity contribution < 1.29 is 19.3 Å². The average molecular weight is 281 g/mol. The molecule has 1 heterocycles. The number of ether oxygens (including phenoxy) is 3. The molecule has 0 aliphatic carbocycles. The van der Waals surface area contributed by atoms with E-state index in [1.54, 1.807) is 38.1 Å². The molecule has 2 aromatic rings. The van der Waals surface area contributed by atoms with Gasteiger partial charge in [-0.2, -0.15) is 0 Å². The summed E-state index contributed by atoms with van der Waals surface area (Å²) >= 11 is 1.52. The first-order valence-electron chi connectivity index (χ1n) is 5.64. The van der Waals surface area contributed by atoms with E-state index in [-0.39, 0.29) is 6.61 Å². The SMILES string of the molecule is COc1cc(CO)cc(OC)c1OCc1cncs1. The average Bonchev–Trinajstić information content (AvgIpc) is 2.97. The summed E-state index contributed by atoms with van der Waals surface area (Å²) in [5.41, 5.74) is 2.46. The van der Waals surface area contributed by atoms with Gasteiger partial charge in [0.2, 0.25) is 5.75 Å². The maximum atomic E-state index is 9.19. The van der Waals surface area contributed by atoms with Gasteiger partial charge in [-0.1, -0.05) is 0 Å². The van der Waals surface area contributed by atoms with Crippen molar-refractivity contribution in [3.63, 3.8) is 0 Å². The molecular formula is C13H15NO4S. The highest BCUT2D eigenvalue weighted by atomic mass is 32.1. The molecule has 0 unspecified atom stereocenters. The summed E-state index contributed by atoms with van der Waals surface area (Å²) in [5, 5.41) is 9.19. The number of nitrogens with zero attached hydrogens (tertiary/aromatic N) is 1. The van der Waals surface area contributed by atoms with Crippen molar-refractivity contribution in [2.24, 2.45) is 0 Å². The molecule has 0 saturated heterocycles. The lowest BCUT2D eigenvalue weighted by atomic mass is 10.2. The molecule has 0 amide bonds. The van der Waals surface area contributed by atoms with E-state index in [1.807, 2.05) is 0 Å². The first-order valence-corrected chi connectivity index (χ1v) is 6.52. The van der Waals surface area contributed by atoms with Crippen LogP contribution in [0.25, 0.3) is 0 Å². The predicted molar refractivity (Wildman–Crippen MR) is 71.9 cm³/mol. The van der Waals surface area contributed by atoms with Gasteiger partial charge in [0.15, 0.2) is 11.5 Å². The molecule has 5 nitrogen and oxygen atoms in total. The zero-order valence-electron chi connectivity index (χ0n) is 10.8. The molecule has 6 heteroatoms. The second-order valence-corrected chi connectivity index (χ2v) is 4.71. The Hall–Kier alpha value is -1.79. The third-order valence-electron chi connectivity index (χ3n) is 2.55. The second kappa shape index (κ2) is 6.40. The highest BCUT2D eigenvalue weighted by molar-refractivity contribution is 7.09. The largest absolute Gasteiger partial charge is 0.493 e. The van der Waals surface area contributed by atoms with Crippen LogP contribution in [0.5, 0.6) is 17.2 Å². The molecule has 0 radical (unpaired) electrons.